The van der Waals surface area contributed by atoms with Crippen LogP contribution in [0.5, 0.6) is 0 Å². The van der Waals surface area contributed by atoms with Crippen LogP contribution < -0.4 is 5.32 Å². The molecule has 1 fully saturated rings. The SMILES string of the molecule is Cc1nnc(-c2ccc3cnc(CC(=O)c4coc(C5CCNCC5)n4)cc3c2)s1. The summed E-state index contributed by atoms with van der Waals surface area (Å²) in [4.78, 5) is 21.7. The van der Waals surface area contributed by atoms with Crippen LogP contribution in [0.1, 0.15) is 45.8 Å². The molecule has 3 aromatic heterocycles. The number of carbonyl (C=O) groups is 1. The maximum absolute atomic E-state index is 12.7. The Bertz CT molecular complexity index is 1210. The lowest BCUT2D eigenvalue weighted by molar-refractivity contribution is 0.0987. The van der Waals surface area contributed by atoms with Crippen LogP contribution in [0.25, 0.3) is 21.3 Å². The highest BCUT2D eigenvalue weighted by Gasteiger charge is 2.22. The van der Waals surface area contributed by atoms with E-state index in [0.717, 1.165) is 52.3 Å². The lowest BCUT2D eigenvalue weighted by atomic mass is 9.98. The minimum atomic E-state index is -0.0818. The van der Waals surface area contributed by atoms with Crippen LogP contribution in [-0.4, -0.2) is 39.0 Å². The summed E-state index contributed by atoms with van der Waals surface area (Å²) in [6.45, 7) is 3.85. The highest BCUT2D eigenvalue weighted by molar-refractivity contribution is 7.14. The van der Waals surface area contributed by atoms with Crippen molar-refractivity contribution in [3.8, 4) is 10.6 Å². The molecule has 0 spiro atoms. The first-order valence-electron chi connectivity index (χ1n) is 10.0. The van der Waals surface area contributed by atoms with Gasteiger partial charge >= 0.3 is 0 Å². The molecule has 152 valence electrons. The van der Waals surface area contributed by atoms with E-state index in [-0.39, 0.29) is 18.1 Å². The molecule has 30 heavy (non-hydrogen) atoms. The minimum Gasteiger partial charge on any atom is -0.448 e. The fourth-order valence-corrected chi connectivity index (χ4v) is 4.44. The van der Waals surface area contributed by atoms with Gasteiger partial charge in [-0.15, -0.1) is 10.2 Å². The van der Waals surface area contributed by atoms with Gasteiger partial charge in [0.05, 0.1) is 6.42 Å². The molecule has 0 unspecified atom stereocenters. The highest BCUT2D eigenvalue weighted by Crippen LogP contribution is 2.27. The normalized spacial score (nSPS) is 15.0. The molecular weight excluding hydrogens is 398 g/mol. The number of hydrogen-bond acceptors (Lipinski definition) is 8. The molecule has 1 aliphatic rings. The molecule has 1 aromatic carbocycles. The van der Waals surface area contributed by atoms with E-state index in [1.807, 2.05) is 25.1 Å². The Kier molecular flexibility index (Phi) is 5.10. The molecular formula is C22H21N5O2S. The van der Waals surface area contributed by atoms with Gasteiger partial charge in [0.15, 0.2) is 11.7 Å². The van der Waals surface area contributed by atoms with Gasteiger partial charge in [-0.05, 0) is 50.4 Å². The predicted molar refractivity (Wildman–Crippen MR) is 115 cm³/mol. The van der Waals surface area contributed by atoms with Crippen molar-refractivity contribution in [3.63, 3.8) is 0 Å². The van der Waals surface area contributed by atoms with E-state index < -0.39 is 0 Å². The number of piperidine rings is 1. The van der Waals surface area contributed by atoms with Gasteiger partial charge in [-0.1, -0.05) is 23.5 Å². The maximum atomic E-state index is 12.7. The summed E-state index contributed by atoms with van der Waals surface area (Å²) in [5.74, 6) is 0.874. The second-order valence-electron chi connectivity index (χ2n) is 7.56. The van der Waals surface area contributed by atoms with E-state index in [0.29, 0.717) is 17.3 Å². The summed E-state index contributed by atoms with van der Waals surface area (Å²) >= 11 is 1.56. The number of pyridine rings is 1. The van der Waals surface area contributed by atoms with Crippen molar-refractivity contribution >= 4 is 27.9 Å². The quantitative estimate of drug-likeness (QED) is 0.490. The molecule has 0 aliphatic carbocycles. The largest absolute Gasteiger partial charge is 0.448 e. The number of Topliss-reactive ketones (excluding diaryl/α,β-unsaturated/α-hetero) is 1. The number of fused-ring (bicyclic) bond motifs is 1. The van der Waals surface area contributed by atoms with Crippen molar-refractivity contribution in [2.45, 2.75) is 32.1 Å². The second kappa shape index (κ2) is 8.04. The number of ketones is 1. The lowest BCUT2D eigenvalue weighted by Crippen LogP contribution is -2.26. The molecule has 7 nitrogen and oxygen atoms in total. The van der Waals surface area contributed by atoms with Crippen LogP contribution in [0, 0.1) is 6.92 Å². The van der Waals surface area contributed by atoms with Crippen LogP contribution in [0.15, 0.2) is 41.1 Å². The Morgan fingerprint density at radius 2 is 2.07 bits per heavy atom. The average molecular weight is 420 g/mol. The van der Waals surface area contributed by atoms with E-state index in [4.69, 9.17) is 4.42 Å². The topological polar surface area (TPSA) is 93.8 Å². The third-order valence-electron chi connectivity index (χ3n) is 5.39. The summed E-state index contributed by atoms with van der Waals surface area (Å²) in [7, 11) is 0. The van der Waals surface area contributed by atoms with Gasteiger partial charge in [0.2, 0.25) is 0 Å². The van der Waals surface area contributed by atoms with Gasteiger partial charge < -0.3 is 9.73 Å². The van der Waals surface area contributed by atoms with Crippen LogP contribution in [0.4, 0.5) is 0 Å². The summed E-state index contributed by atoms with van der Waals surface area (Å²) < 4.78 is 5.61. The number of hydrogen-bond donors (Lipinski definition) is 1. The zero-order valence-electron chi connectivity index (χ0n) is 16.6. The molecule has 5 rings (SSSR count). The van der Waals surface area contributed by atoms with Crippen molar-refractivity contribution in [3.05, 3.63) is 59.0 Å². The summed E-state index contributed by atoms with van der Waals surface area (Å²) in [5, 5.41) is 15.5. The van der Waals surface area contributed by atoms with Gasteiger partial charge in [-0.25, -0.2) is 4.98 Å². The standard InChI is InChI=1S/C22H21N5O2S/c1-13-26-27-22(30-13)15-2-3-16-11-24-18(9-17(16)8-15)10-20(28)19-12-29-21(25-19)14-4-6-23-7-5-14/h2-3,8-9,11-12,14,23H,4-7,10H2,1H3. The summed E-state index contributed by atoms with van der Waals surface area (Å²) in [5.41, 5.74) is 2.10. The zero-order valence-corrected chi connectivity index (χ0v) is 17.4. The highest BCUT2D eigenvalue weighted by atomic mass is 32.1. The molecule has 1 saturated heterocycles. The van der Waals surface area contributed by atoms with Gasteiger partial charge in [0.25, 0.3) is 0 Å². The van der Waals surface area contributed by atoms with Gasteiger partial charge in [-0.2, -0.15) is 0 Å². The van der Waals surface area contributed by atoms with Gasteiger partial charge in [0, 0.05) is 28.8 Å². The molecule has 4 aromatic rings. The number of rotatable bonds is 5. The van der Waals surface area contributed by atoms with Crippen molar-refractivity contribution in [2.24, 2.45) is 0 Å². The molecule has 0 atom stereocenters. The van der Waals surface area contributed by atoms with E-state index in [9.17, 15) is 4.79 Å². The first-order valence-corrected chi connectivity index (χ1v) is 10.9. The average Bonchev–Trinajstić information content (AvgIpc) is 3.43. The molecule has 1 aliphatic heterocycles. The van der Waals surface area contributed by atoms with Crippen molar-refractivity contribution < 1.29 is 9.21 Å². The van der Waals surface area contributed by atoms with Crippen LogP contribution >= 0.6 is 11.3 Å². The smallest absolute Gasteiger partial charge is 0.197 e. The fourth-order valence-electron chi connectivity index (χ4n) is 3.76. The summed E-state index contributed by atoms with van der Waals surface area (Å²) in [6.07, 6.45) is 5.44. The van der Waals surface area contributed by atoms with E-state index in [1.54, 1.807) is 17.5 Å². The molecule has 0 saturated carbocycles. The van der Waals surface area contributed by atoms with Crippen molar-refractivity contribution in [1.82, 2.24) is 25.5 Å². The number of nitrogens with one attached hydrogen (secondary N) is 1. The Hall–Kier alpha value is -2.97. The van der Waals surface area contributed by atoms with Gasteiger partial charge in [0.1, 0.15) is 22.0 Å². The number of aromatic nitrogens is 4. The maximum Gasteiger partial charge on any atom is 0.197 e. The number of oxazole rings is 1. The Labute approximate surface area is 177 Å². The minimum absolute atomic E-state index is 0.0818. The van der Waals surface area contributed by atoms with Crippen LogP contribution in [0.3, 0.4) is 0 Å². The molecule has 0 amide bonds. The van der Waals surface area contributed by atoms with Crippen LogP contribution in [-0.2, 0) is 6.42 Å². The molecule has 4 heterocycles. The van der Waals surface area contributed by atoms with Crippen LogP contribution in [0.2, 0.25) is 0 Å². The molecule has 8 heteroatoms. The van der Waals surface area contributed by atoms with E-state index >= 15 is 0 Å². The van der Waals surface area contributed by atoms with E-state index in [1.165, 1.54) is 6.26 Å². The Morgan fingerprint density at radius 1 is 1.20 bits per heavy atom. The molecule has 0 bridgehead atoms. The summed E-state index contributed by atoms with van der Waals surface area (Å²) in [6, 6.07) is 8.06. The monoisotopic (exact) mass is 419 g/mol. The van der Waals surface area contributed by atoms with Gasteiger partial charge in [-0.3, -0.25) is 9.78 Å². The lowest BCUT2D eigenvalue weighted by Gasteiger charge is -2.19. The Balaban J connectivity index is 1.35. The number of nitrogens with zero attached hydrogens (tertiary/aromatic N) is 4. The number of aryl methyl sites for hydroxylation is 1. The fraction of sp³-hybridized carbons (Fsp3) is 0.318. The zero-order chi connectivity index (χ0) is 20.5. The van der Waals surface area contributed by atoms with E-state index in [2.05, 4.69) is 31.5 Å². The third kappa shape index (κ3) is 3.88. The molecule has 1 N–H and O–H groups in total. The first kappa shape index (κ1) is 19.0. The van der Waals surface area contributed by atoms with Crippen molar-refractivity contribution in [1.29, 1.82) is 0 Å². The Morgan fingerprint density at radius 3 is 2.87 bits per heavy atom. The van der Waals surface area contributed by atoms with Crippen molar-refractivity contribution in [2.75, 3.05) is 13.1 Å². The molecule has 0 radical (unpaired) electrons. The second-order valence-corrected chi connectivity index (χ2v) is 8.74. The number of benzene rings is 1. The number of carbonyl (C=O) groups excluding carboxylic acids is 1. The predicted octanol–water partition coefficient (Wildman–Crippen LogP) is 3.94. The third-order valence-corrected chi connectivity index (χ3v) is 6.28. The first-order chi connectivity index (χ1) is 14.7.